The van der Waals surface area contributed by atoms with Crippen molar-refractivity contribution in [3.05, 3.63) is 29.6 Å². The minimum Gasteiger partial charge on any atom is -0.490 e. The van der Waals surface area contributed by atoms with Gasteiger partial charge < -0.3 is 9.84 Å². The first kappa shape index (κ1) is 13.3. The highest BCUT2D eigenvalue weighted by Crippen LogP contribution is 2.26. The Hall–Kier alpha value is -1.09. The number of benzene rings is 1. The largest absolute Gasteiger partial charge is 0.490 e. The van der Waals surface area contributed by atoms with Crippen LogP contribution in [0.2, 0.25) is 0 Å². The third-order valence-electron chi connectivity index (χ3n) is 3.53. The molecular formula is C15H21FO2. The lowest BCUT2D eigenvalue weighted by Crippen LogP contribution is -2.15. The summed E-state index contributed by atoms with van der Waals surface area (Å²) in [6.45, 7) is 1.56. The molecule has 0 heterocycles. The van der Waals surface area contributed by atoms with Gasteiger partial charge in [-0.15, -0.1) is 0 Å². The fraction of sp³-hybridized carbons (Fsp3) is 0.600. The van der Waals surface area contributed by atoms with Crippen molar-refractivity contribution < 1.29 is 14.2 Å². The maximum atomic E-state index is 13.7. The number of halogens is 1. The quantitative estimate of drug-likeness (QED) is 0.824. The molecule has 0 aliphatic heterocycles. The zero-order chi connectivity index (χ0) is 13.0. The predicted molar refractivity (Wildman–Crippen MR) is 69.2 cm³/mol. The highest BCUT2D eigenvalue weighted by Gasteiger charge is 2.15. The van der Waals surface area contributed by atoms with E-state index < -0.39 is 11.9 Å². The average Bonchev–Trinajstić information content (AvgIpc) is 2.57. The van der Waals surface area contributed by atoms with Gasteiger partial charge in [0.1, 0.15) is 11.6 Å². The number of hydrogen-bond donors (Lipinski definition) is 1. The maximum Gasteiger partial charge on any atom is 0.132 e. The van der Waals surface area contributed by atoms with Gasteiger partial charge in [-0.3, -0.25) is 0 Å². The van der Waals surface area contributed by atoms with Gasteiger partial charge in [0.05, 0.1) is 12.2 Å². The van der Waals surface area contributed by atoms with Crippen LogP contribution >= 0.6 is 0 Å². The summed E-state index contributed by atoms with van der Waals surface area (Å²) in [4.78, 5) is 0. The van der Waals surface area contributed by atoms with Gasteiger partial charge in [-0.05, 0) is 44.7 Å². The maximum absolute atomic E-state index is 13.7. The van der Waals surface area contributed by atoms with Gasteiger partial charge in [0, 0.05) is 11.6 Å². The van der Waals surface area contributed by atoms with Crippen LogP contribution in [0.1, 0.15) is 57.1 Å². The Bertz CT molecular complexity index is 382. The molecule has 1 aliphatic carbocycles. The molecule has 2 nitrogen and oxygen atoms in total. The van der Waals surface area contributed by atoms with E-state index in [-0.39, 0.29) is 6.10 Å². The lowest BCUT2D eigenvalue weighted by atomic mass is 10.1. The topological polar surface area (TPSA) is 29.5 Å². The second-order valence-electron chi connectivity index (χ2n) is 5.09. The molecule has 0 bridgehead atoms. The van der Waals surface area contributed by atoms with Crippen LogP contribution in [0, 0.1) is 5.82 Å². The molecule has 0 unspecified atom stereocenters. The van der Waals surface area contributed by atoms with Crippen LogP contribution in [-0.4, -0.2) is 11.2 Å². The third-order valence-corrected chi connectivity index (χ3v) is 3.53. The molecule has 1 aromatic rings. The Balaban J connectivity index is 2.02. The standard InChI is InChI=1S/C15H21FO2/c1-11(17)14-9-8-13(10-15(14)16)18-12-6-4-2-3-5-7-12/h8-12,17H,2-7H2,1H3/t11-/m0/s1. The molecule has 0 aromatic heterocycles. The highest BCUT2D eigenvalue weighted by molar-refractivity contribution is 5.30. The second-order valence-corrected chi connectivity index (χ2v) is 5.09. The van der Waals surface area contributed by atoms with Crippen molar-refractivity contribution in [2.24, 2.45) is 0 Å². The van der Waals surface area contributed by atoms with E-state index >= 15 is 0 Å². The van der Waals surface area contributed by atoms with Crippen LogP contribution in [-0.2, 0) is 0 Å². The Kier molecular flexibility index (Phi) is 4.59. The van der Waals surface area contributed by atoms with Crippen LogP contribution in [0.15, 0.2) is 18.2 Å². The summed E-state index contributed by atoms with van der Waals surface area (Å²) in [5.41, 5.74) is 0.322. The van der Waals surface area contributed by atoms with Gasteiger partial charge in [0.15, 0.2) is 0 Å². The van der Waals surface area contributed by atoms with Gasteiger partial charge in [-0.1, -0.05) is 12.8 Å². The average molecular weight is 252 g/mol. The van der Waals surface area contributed by atoms with E-state index in [1.165, 1.54) is 31.7 Å². The monoisotopic (exact) mass is 252 g/mol. The molecule has 2 rings (SSSR count). The lowest BCUT2D eigenvalue weighted by molar-refractivity contribution is 0.180. The van der Waals surface area contributed by atoms with Crippen LogP contribution in [0.5, 0.6) is 5.75 Å². The van der Waals surface area contributed by atoms with E-state index in [0.29, 0.717) is 11.3 Å². The molecule has 3 heteroatoms. The van der Waals surface area contributed by atoms with Crippen molar-refractivity contribution in [2.45, 2.75) is 57.7 Å². The van der Waals surface area contributed by atoms with E-state index in [0.717, 1.165) is 12.8 Å². The van der Waals surface area contributed by atoms with Crippen molar-refractivity contribution in [2.75, 3.05) is 0 Å². The second kappa shape index (κ2) is 6.19. The van der Waals surface area contributed by atoms with Crippen LogP contribution < -0.4 is 4.74 Å². The minimum atomic E-state index is -0.781. The smallest absolute Gasteiger partial charge is 0.132 e. The van der Waals surface area contributed by atoms with Crippen molar-refractivity contribution >= 4 is 0 Å². The van der Waals surface area contributed by atoms with Crippen LogP contribution in [0.25, 0.3) is 0 Å². The number of aliphatic hydroxyl groups excluding tert-OH is 1. The number of aliphatic hydroxyl groups is 1. The molecule has 1 fully saturated rings. The van der Waals surface area contributed by atoms with E-state index in [2.05, 4.69) is 0 Å². The first-order valence-corrected chi connectivity index (χ1v) is 6.81. The first-order chi connectivity index (χ1) is 8.66. The van der Waals surface area contributed by atoms with E-state index in [1.807, 2.05) is 0 Å². The fourth-order valence-corrected chi connectivity index (χ4v) is 2.47. The van der Waals surface area contributed by atoms with Gasteiger partial charge >= 0.3 is 0 Å². The summed E-state index contributed by atoms with van der Waals surface area (Å²) in [6.07, 6.45) is 6.48. The summed E-state index contributed by atoms with van der Waals surface area (Å²) in [5.74, 6) is 0.180. The minimum absolute atomic E-state index is 0.212. The van der Waals surface area contributed by atoms with Crippen LogP contribution in [0.3, 0.4) is 0 Å². The molecule has 100 valence electrons. The molecular weight excluding hydrogens is 231 g/mol. The Morgan fingerprint density at radius 2 is 1.89 bits per heavy atom. The normalized spacial score (nSPS) is 19.3. The van der Waals surface area contributed by atoms with Gasteiger partial charge in [0.25, 0.3) is 0 Å². The van der Waals surface area contributed by atoms with Crippen molar-refractivity contribution in [3.63, 3.8) is 0 Å². The summed E-state index contributed by atoms with van der Waals surface area (Å²) >= 11 is 0. The first-order valence-electron chi connectivity index (χ1n) is 6.81. The Labute approximate surface area is 108 Å². The summed E-state index contributed by atoms with van der Waals surface area (Å²) < 4.78 is 19.5. The van der Waals surface area contributed by atoms with Gasteiger partial charge in [-0.2, -0.15) is 0 Å². The molecule has 1 saturated carbocycles. The zero-order valence-corrected chi connectivity index (χ0v) is 10.9. The molecule has 1 N–H and O–H groups in total. The SMILES string of the molecule is C[C@H](O)c1ccc(OC2CCCCCC2)cc1F. The molecule has 1 aliphatic rings. The lowest BCUT2D eigenvalue weighted by Gasteiger charge is -2.17. The summed E-state index contributed by atoms with van der Waals surface area (Å²) in [6, 6.07) is 4.73. The molecule has 18 heavy (non-hydrogen) atoms. The fourth-order valence-electron chi connectivity index (χ4n) is 2.47. The van der Waals surface area contributed by atoms with E-state index in [9.17, 15) is 9.50 Å². The number of hydrogen-bond acceptors (Lipinski definition) is 2. The molecule has 0 spiro atoms. The van der Waals surface area contributed by atoms with E-state index in [4.69, 9.17) is 4.74 Å². The van der Waals surface area contributed by atoms with Gasteiger partial charge in [-0.25, -0.2) is 4.39 Å². The zero-order valence-electron chi connectivity index (χ0n) is 10.9. The molecule has 1 atom stereocenters. The predicted octanol–water partition coefficient (Wildman–Crippen LogP) is 3.98. The molecule has 0 amide bonds. The molecule has 1 aromatic carbocycles. The molecule has 0 radical (unpaired) electrons. The number of ether oxygens (including phenoxy) is 1. The molecule has 0 saturated heterocycles. The van der Waals surface area contributed by atoms with Gasteiger partial charge in [0.2, 0.25) is 0 Å². The summed E-state index contributed by atoms with van der Waals surface area (Å²) in [5, 5.41) is 9.37. The van der Waals surface area contributed by atoms with Crippen molar-refractivity contribution in [1.82, 2.24) is 0 Å². The Morgan fingerprint density at radius 3 is 2.44 bits per heavy atom. The summed E-state index contributed by atoms with van der Waals surface area (Å²) in [7, 11) is 0. The number of rotatable bonds is 3. The van der Waals surface area contributed by atoms with Crippen molar-refractivity contribution in [3.8, 4) is 5.75 Å². The van der Waals surface area contributed by atoms with Crippen molar-refractivity contribution in [1.29, 1.82) is 0 Å². The third kappa shape index (κ3) is 3.45. The van der Waals surface area contributed by atoms with E-state index in [1.54, 1.807) is 19.1 Å². The van der Waals surface area contributed by atoms with Crippen LogP contribution in [0.4, 0.5) is 4.39 Å². The Morgan fingerprint density at radius 1 is 1.22 bits per heavy atom. The highest BCUT2D eigenvalue weighted by atomic mass is 19.1.